The molecule has 0 atom stereocenters. The largest absolute Gasteiger partial charge is 0.453 e. The number of hydrogen-bond donors (Lipinski definition) is 0. The molecule has 0 aliphatic heterocycles. The van der Waals surface area contributed by atoms with Crippen LogP contribution in [0, 0.1) is 27.5 Å². The molecule has 0 spiro atoms. The SMILES string of the molecule is [2H]C([2H])([2H])c1cc(-c2c(C)ccc3c2oc2c(C([2H])([2H])[2H])nc4c5ccccc5ccc4c23)[n+](C)cc1C([2H])([2H])[2H]. The molecule has 3 heterocycles. The molecule has 6 rings (SSSR count). The van der Waals surface area contributed by atoms with Crippen LogP contribution >= 0.6 is 0 Å². The number of aryl methyl sites for hydroxylation is 5. The lowest BCUT2D eigenvalue weighted by molar-refractivity contribution is -0.660. The Bertz CT molecular complexity index is 2030. The summed E-state index contributed by atoms with van der Waals surface area (Å²) in [5.74, 6) is 0. The van der Waals surface area contributed by atoms with Gasteiger partial charge in [-0.05, 0) is 44.0 Å². The maximum atomic E-state index is 8.28. The topological polar surface area (TPSA) is 29.9 Å². The van der Waals surface area contributed by atoms with E-state index in [4.69, 9.17) is 16.8 Å². The third-order valence-electron chi connectivity index (χ3n) is 6.21. The molecule has 0 radical (unpaired) electrons. The highest BCUT2D eigenvalue weighted by Gasteiger charge is 2.23. The Kier molecular flexibility index (Phi) is 2.44. The highest BCUT2D eigenvalue weighted by Crippen LogP contribution is 2.41. The summed E-state index contributed by atoms with van der Waals surface area (Å²) in [6.07, 6.45) is 1.32. The molecule has 0 unspecified atom stereocenters. The van der Waals surface area contributed by atoms with Crippen LogP contribution in [0.3, 0.4) is 0 Å². The summed E-state index contributed by atoms with van der Waals surface area (Å²) < 4.78 is 80.7. The minimum Gasteiger partial charge on any atom is -0.453 e. The maximum Gasteiger partial charge on any atom is 0.216 e. The summed E-state index contributed by atoms with van der Waals surface area (Å²) in [6.45, 7) is -6.06. The van der Waals surface area contributed by atoms with Gasteiger partial charge in [0.15, 0.2) is 11.8 Å². The van der Waals surface area contributed by atoms with Gasteiger partial charge >= 0.3 is 0 Å². The van der Waals surface area contributed by atoms with Crippen LogP contribution in [-0.4, -0.2) is 4.98 Å². The molecule has 0 saturated heterocycles. The van der Waals surface area contributed by atoms with Gasteiger partial charge < -0.3 is 4.42 Å². The van der Waals surface area contributed by atoms with E-state index >= 15 is 0 Å². The molecule has 156 valence electrons. The molecule has 0 aliphatic rings. The van der Waals surface area contributed by atoms with Gasteiger partial charge in [0.2, 0.25) is 5.69 Å². The molecular formula is C29H25N2O+. The predicted molar refractivity (Wildman–Crippen MR) is 132 cm³/mol. The second-order valence-corrected chi connectivity index (χ2v) is 8.18. The molecule has 0 saturated carbocycles. The van der Waals surface area contributed by atoms with Crippen molar-refractivity contribution in [1.29, 1.82) is 0 Å². The van der Waals surface area contributed by atoms with Crippen LogP contribution in [0.4, 0.5) is 0 Å². The zero-order valence-corrected chi connectivity index (χ0v) is 17.6. The normalized spacial score (nSPS) is 17.2. The van der Waals surface area contributed by atoms with E-state index in [1.54, 1.807) is 11.6 Å². The molecule has 3 aromatic heterocycles. The summed E-state index contributed by atoms with van der Waals surface area (Å²) in [7, 11) is 1.64. The molecule has 0 aliphatic carbocycles. The highest BCUT2D eigenvalue weighted by atomic mass is 16.3. The fraction of sp³-hybridized carbons (Fsp3) is 0.172. The first-order valence-corrected chi connectivity index (χ1v) is 10.3. The zero-order chi connectivity index (χ0) is 29.6. The van der Waals surface area contributed by atoms with Gasteiger partial charge in [0.25, 0.3) is 0 Å². The summed E-state index contributed by atoms with van der Waals surface area (Å²) in [4.78, 5) is 4.63. The number of fused-ring (bicyclic) bond motifs is 7. The summed E-state index contributed by atoms with van der Waals surface area (Å²) in [5.41, 5.74) is 2.03. The van der Waals surface area contributed by atoms with E-state index in [2.05, 4.69) is 4.98 Å². The standard InChI is InChI=1S/C29H25N2O/c1-16-10-12-23-26-22-13-11-20-8-6-7-9-21(20)27(22)30-19(4)28(26)32-29(23)25(16)24-14-17(2)18(3)15-31(24)5/h6-15H,1-5H3/q+1/i2D3,3D3,4D3. The van der Waals surface area contributed by atoms with Crippen molar-refractivity contribution in [3.05, 3.63) is 83.2 Å². The third kappa shape index (κ3) is 2.54. The van der Waals surface area contributed by atoms with Crippen LogP contribution < -0.4 is 4.57 Å². The first-order chi connectivity index (χ1) is 19.1. The van der Waals surface area contributed by atoms with Gasteiger partial charge in [0.05, 0.1) is 16.8 Å². The van der Waals surface area contributed by atoms with Crippen molar-refractivity contribution >= 4 is 43.6 Å². The Morgan fingerprint density at radius 1 is 0.844 bits per heavy atom. The molecule has 3 nitrogen and oxygen atoms in total. The Labute approximate surface area is 199 Å². The van der Waals surface area contributed by atoms with Crippen molar-refractivity contribution in [1.82, 2.24) is 4.98 Å². The van der Waals surface area contributed by atoms with Crippen molar-refractivity contribution in [3.63, 3.8) is 0 Å². The Hall–Kier alpha value is -3.72. The van der Waals surface area contributed by atoms with E-state index in [-0.39, 0.29) is 22.4 Å². The Morgan fingerprint density at radius 3 is 2.53 bits per heavy atom. The lowest BCUT2D eigenvalue weighted by Gasteiger charge is -2.08. The van der Waals surface area contributed by atoms with Crippen molar-refractivity contribution in [2.24, 2.45) is 7.05 Å². The minimum atomic E-state index is -2.68. The third-order valence-corrected chi connectivity index (χ3v) is 6.21. The van der Waals surface area contributed by atoms with E-state index < -0.39 is 20.6 Å². The number of hydrogen-bond acceptors (Lipinski definition) is 2. The van der Waals surface area contributed by atoms with Gasteiger partial charge in [-0.1, -0.05) is 48.5 Å². The molecule has 3 aromatic carbocycles. The zero-order valence-electron chi connectivity index (χ0n) is 26.6. The molecule has 0 fully saturated rings. The van der Waals surface area contributed by atoms with E-state index in [9.17, 15) is 0 Å². The highest BCUT2D eigenvalue weighted by molar-refractivity contribution is 6.24. The lowest BCUT2D eigenvalue weighted by atomic mass is 9.97. The first kappa shape index (κ1) is 11.8. The number of aromatic nitrogens is 2. The van der Waals surface area contributed by atoms with Gasteiger partial charge in [-0.2, -0.15) is 0 Å². The fourth-order valence-corrected chi connectivity index (χ4v) is 4.65. The fourth-order valence-electron chi connectivity index (χ4n) is 4.65. The second-order valence-electron chi connectivity index (χ2n) is 8.18. The quantitative estimate of drug-likeness (QED) is 0.209. The predicted octanol–water partition coefficient (Wildman–Crippen LogP) is 7.01. The van der Waals surface area contributed by atoms with Crippen molar-refractivity contribution < 1.29 is 21.3 Å². The van der Waals surface area contributed by atoms with E-state index in [1.807, 2.05) is 55.5 Å². The van der Waals surface area contributed by atoms with E-state index in [0.29, 0.717) is 33.1 Å². The average Bonchev–Trinajstić information content (AvgIpc) is 3.26. The van der Waals surface area contributed by atoms with Crippen LogP contribution in [-0.2, 0) is 7.05 Å². The second kappa shape index (κ2) is 6.64. The van der Waals surface area contributed by atoms with Crippen molar-refractivity contribution in [2.75, 3.05) is 0 Å². The number of furan rings is 1. The van der Waals surface area contributed by atoms with Crippen molar-refractivity contribution in [2.45, 2.75) is 27.5 Å². The Morgan fingerprint density at radius 2 is 1.69 bits per heavy atom. The van der Waals surface area contributed by atoms with Crippen molar-refractivity contribution in [3.8, 4) is 11.3 Å². The average molecular weight is 427 g/mol. The van der Waals surface area contributed by atoms with Crippen LogP contribution in [0.1, 0.15) is 34.7 Å². The number of benzene rings is 3. The maximum absolute atomic E-state index is 8.28. The van der Waals surface area contributed by atoms with E-state index in [0.717, 1.165) is 21.7 Å². The Balaban J connectivity index is 1.79. The molecular weight excluding hydrogens is 392 g/mol. The van der Waals surface area contributed by atoms with Crippen LogP contribution in [0.5, 0.6) is 0 Å². The molecule has 3 heteroatoms. The monoisotopic (exact) mass is 426 g/mol. The number of rotatable bonds is 1. The molecule has 0 N–H and O–H groups in total. The van der Waals surface area contributed by atoms with Gasteiger partial charge in [0.1, 0.15) is 12.6 Å². The summed E-state index contributed by atoms with van der Waals surface area (Å²) in [5, 5.41) is 3.70. The molecule has 6 aromatic rings. The molecule has 32 heavy (non-hydrogen) atoms. The van der Waals surface area contributed by atoms with Gasteiger partial charge in [0, 0.05) is 45.5 Å². The number of pyridine rings is 2. The van der Waals surface area contributed by atoms with E-state index in [1.165, 1.54) is 12.3 Å². The van der Waals surface area contributed by atoms with Gasteiger partial charge in [-0.3, -0.25) is 0 Å². The smallest absolute Gasteiger partial charge is 0.216 e. The van der Waals surface area contributed by atoms with Crippen LogP contribution in [0.2, 0.25) is 0 Å². The molecule has 0 amide bonds. The minimum absolute atomic E-state index is 0.132. The summed E-state index contributed by atoms with van der Waals surface area (Å²) in [6, 6.07) is 16.6. The lowest BCUT2D eigenvalue weighted by Crippen LogP contribution is -2.31. The first-order valence-electron chi connectivity index (χ1n) is 14.8. The van der Waals surface area contributed by atoms with Crippen LogP contribution in [0.25, 0.3) is 54.9 Å². The molecule has 0 bridgehead atoms. The van der Waals surface area contributed by atoms with Gasteiger partial charge in [-0.15, -0.1) is 0 Å². The number of nitrogens with zero attached hydrogens (tertiary/aromatic N) is 2. The summed E-state index contributed by atoms with van der Waals surface area (Å²) >= 11 is 0. The van der Waals surface area contributed by atoms with Gasteiger partial charge in [-0.25, -0.2) is 9.55 Å². The van der Waals surface area contributed by atoms with Crippen LogP contribution in [0.15, 0.2) is 65.2 Å².